The van der Waals surface area contributed by atoms with Gasteiger partial charge in [-0.25, -0.2) is 0 Å². The van der Waals surface area contributed by atoms with Gasteiger partial charge in [-0.1, -0.05) is 24.0 Å². The number of hydrogen-bond donors (Lipinski definition) is 2. The van der Waals surface area contributed by atoms with Crippen molar-refractivity contribution in [3.8, 4) is 5.75 Å². The molecule has 0 aliphatic rings. The Balaban J connectivity index is 2.54. The summed E-state index contributed by atoms with van der Waals surface area (Å²) in [5.41, 5.74) is 5.37. The minimum atomic E-state index is 0.0172. The van der Waals surface area contributed by atoms with Gasteiger partial charge < -0.3 is 15.6 Å². The number of hydrogen-bond acceptors (Lipinski definition) is 4. The molecule has 3 nitrogen and oxygen atoms in total. The number of aliphatic hydroxyl groups is 1. The predicted octanol–water partition coefficient (Wildman–Crippen LogP) is 1.39. The van der Waals surface area contributed by atoms with E-state index in [0.717, 1.165) is 10.6 Å². The molecule has 0 saturated heterocycles. The molecule has 3 N–H and O–H groups in total. The summed E-state index contributed by atoms with van der Waals surface area (Å²) in [5.74, 6) is 0.728. The van der Waals surface area contributed by atoms with E-state index in [4.69, 9.17) is 27.8 Å². The molecular weight excluding hydrogens is 218 g/mol. The molecule has 76 valence electrons. The Morgan fingerprint density at radius 1 is 1.43 bits per heavy atom. The number of benzene rings is 1. The standard InChI is InChI=1S/C9H11NO2S2/c10-9(13)14-8-3-1-7(2-4-8)12-6-5-11/h1-4,11H,5-6H2,(H2,10,13). The van der Waals surface area contributed by atoms with Gasteiger partial charge >= 0.3 is 0 Å². The SMILES string of the molecule is NC(=S)Sc1ccc(OCCO)cc1. The van der Waals surface area contributed by atoms with E-state index < -0.39 is 0 Å². The molecule has 5 heteroatoms. The lowest BCUT2D eigenvalue weighted by Crippen LogP contribution is -2.02. The Bertz CT molecular complexity index is 300. The maximum atomic E-state index is 8.54. The molecule has 0 spiro atoms. The maximum absolute atomic E-state index is 8.54. The van der Waals surface area contributed by atoms with Crippen molar-refractivity contribution in [3.05, 3.63) is 24.3 Å². The lowest BCUT2D eigenvalue weighted by molar-refractivity contribution is 0.201. The zero-order valence-electron chi connectivity index (χ0n) is 7.47. The van der Waals surface area contributed by atoms with Gasteiger partial charge in [-0.15, -0.1) is 0 Å². The third-order valence-corrected chi connectivity index (χ3v) is 2.36. The summed E-state index contributed by atoms with van der Waals surface area (Å²) < 4.78 is 5.59. The minimum Gasteiger partial charge on any atom is -0.491 e. The molecule has 14 heavy (non-hydrogen) atoms. The van der Waals surface area contributed by atoms with E-state index in [1.165, 1.54) is 11.8 Å². The molecule has 0 bridgehead atoms. The van der Waals surface area contributed by atoms with Gasteiger partial charge in [-0.05, 0) is 24.3 Å². The highest BCUT2D eigenvalue weighted by atomic mass is 32.2. The van der Waals surface area contributed by atoms with Crippen molar-refractivity contribution in [3.63, 3.8) is 0 Å². The molecule has 0 aliphatic carbocycles. The normalized spacial score (nSPS) is 9.79. The van der Waals surface area contributed by atoms with Crippen LogP contribution in [0.1, 0.15) is 0 Å². The predicted molar refractivity (Wildman–Crippen MR) is 61.7 cm³/mol. The van der Waals surface area contributed by atoms with Crippen molar-refractivity contribution < 1.29 is 9.84 Å². The number of ether oxygens (including phenoxy) is 1. The van der Waals surface area contributed by atoms with E-state index in [2.05, 4.69) is 0 Å². The van der Waals surface area contributed by atoms with Gasteiger partial charge in [0.15, 0.2) is 0 Å². The molecule has 0 heterocycles. The summed E-state index contributed by atoms with van der Waals surface area (Å²) >= 11 is 6.09. The van der Waals surface area contributed by atoms with E-state index in [9.17, 15) is 0 Å². The van der Waals surface area contributed by atoms with Crippen LogP contribution in [0.25, 0.3) is 0 Å². The monoisotopic (exact) mass is 229 g/mol. The highest BCUT2D eigenvalue weighted by molar-refractivity contribution is 8.22. The summed E-state index contributed by atoms with van der Waals surface area (Å²) in [6, 6.07) is 7.37. The molecule has 0 unspecified atom stereocenters. The summed E-state index contributed by atoms with van der Waals surface area (Å²) in [6.45, 7) is 0.325. The minimum absolute atomic E-state index is 0.0172. The zero-order valence-corrected chi connectivity index (χ0v) is 9.11. The molecule has 0 saturated carbocycles. The fraction of sp³-hybridized carbons (Fsp3) is 0.222. The van der Waals surface area contributed by atoms with Crippen LogP contribution in [0.5, 0.6) is 5.75 Å². The van der Waals surface area contributed by atoms with Gasteiger partial charge in [0.05, 0.1) is 6.61 Å². The van der Waals surface area contributed by atoms with E-state index in [0.29, 0.717) is 10.9 Å². The van der Waals surface area contributed by atoms with Crippen molar-refractivity contribution >= 4 is 28.3 Å². The summed E-state index contributed by atoms with van der Waals surface area (Å²) in [4.78, 5) is 0.980. The van der Waals surface area contributed by atoms with Crippen LogP contribution in [0.4, 0.5) is 0 Å². The van der Waals surface area contributed by atoms with Crippen LogP contribution in [0, 0.1) is 0 Å². The first kappa shape index (κ1) is 11.3. The Labute approximate surface area is 92.3 Å². The van der Waals surface area contributed by atoms with Gasteiger partial charge in [-0.2, -0.15) is 0 Å². The summed E-state index contributed by atoms with van der Waals surface area (Å²) in [6.07, 6.45) is 0. The topological polar surface area (TPSA) is 55.5 Å². The molecule has 0 aliphatic heterocycles. The highest BCUT2D eigenvalue weighted by Gasteiger charge is 1.97. The van der Waals surface area contributed by atoms with Crippen LogP contribution in [0.3, 0.4) is 0 Å². The van der Waals surface area contributed by atoms with Crippen molar-refractivity contribution in [1.82, 2.24) is 0 Å². The number of thiocarbonyl (C=S) groups is 1. The van der Waals surface area contributed by atoms with E-state index in [1.54, 1.807) is 0 Å². The Morgan fingerprint density at radius 2 is 2.07 bits per heavy atom. The Kier molecular flexibility index (Phi) is 4.72. The van der Waals surface area contributed by atoms with Crippen LogP contribution in [-0.4, -0.2) is 22.6 Å². The fourth-order valence-electron chi connectivity index (χ4n) is 0.884. The third kappa shape index (κ3) is 3.95. The molecule has 0 aromatic heterocycles. The van der Waals surface area contributed by atoms with Gasteiger partial charge in [0.1, 0.15) is 16.7 Å². The first-order valence-electron chi connectivity index (χ1n) is 4.03. The largest absolute Gasteiger partial charge is 0.491 e. The number of aliphatic hydroxyl groups excluding tert-OH is 1. The Morgan fingerprint density at radius 3 is 2.57 bits per heavy atom. The molecule has 1 rings (SSSR count). The van der Waals surface area contributed by atoms with E-state index >= 15 is 0 Å². The molecule has 0 fully saturated rings. The smallest absolute Gasteiger partial charge is 0.135 e. The second-order valence-electron chi connectivity index (χ2n) is 2.46. The van der Waals surface area contributed by atoms with Crippen LogP contribution in [0.2, 0.25) is 0 Å². The van der Waals surface area contributed by atoms with Crippen LogP contribution in [0.15, 0.2) is 29.2 Å². The van der Waals surface area contributed by atoms with Crippen molar-refractivity contribution in [2.75, 3.05) is 13.2 Å². The first-order chi connectivity index (χ1) is 6.72. The van der Waals surface area contributed by atoms with E-state index in [-0.39, 0.29) is 6.61 Å². The summed E-state index contributed by atoms with van der Waals surface area (Å²) in [7, 11) is 0. The lowest BCUT2D eigenvalue weighted by Gasteiger charge is -2.04. The van der Waals surface area contributed by atoms with Crippen molar-refractivity contribution in [2.24, 2.45) is 5.73 Å². The van der Waals surface area contributed by atoms with Crippen molar-refractivity contribution in [1.29, 1.82) is 0 Å². The summed E-state index contributed by atoms with van der Waals surface area (Å²) in [5, 5.41) is 8.54. The lowest BCUT2D eigenvalue weighted by atomic mass is 10.3. The van der Waals surface area contributed by atoms with Crippen molar-refractivity contribution in [2.45, 2.75) is 4.90 Å². The number of rotatable bonds is 4. The quantitative estimate of drug-likeness (QED) is 0.603. The number of nitrogens with two attached hydrogens (primary N) is 1. The molecule has 0 amide bonds. The molecule has 0 radical (unpaired) electrons. The average Bonchev–Trinajstić information content (AvgIpc) is 2.16. The first-order valence-corrected chi connectivity index (χ1v) is 5.26. The van der Waals surface area contributed by atoms with Gasteiger partial charge in [-0.3, -0.25) is 0 Å². The second-order valence-corrected chi connectivity index (χ2v) is 4.28. The van der Waals surface area contributed by atoms with Gasteiger partial charge in [0, 0.05) is 4.90 Å². The van der Waals surface area contributed by atoms with Gasteiger partial charge in [0.2, 0.25) is 0 Å². The van der Waals surface area contributed by atoms with Crippen LogP contribution < -0.4 is 10.5 Å². The molecule has 0 atom stereocenters. The fourth-order valence-corrected chi connectivity index (χ4v) is 1.68. The molecular formula is C9H11NO2S2. The maximum Gasteiger partial charge on any atom is 0.135 e. The van der Waals surface area contributed by atoms with E-state index in [1.807, 2.05) is 24.3 Å². The zero-order chi connectivity index (χ0) is 10.4. The van der Waals surface area contributed by atoms with Gasteiger partial charge in [0.25, 0.3) is 0 Å². The van der Waals surface area contributed by atoms with Crippen LogP contribution >= 0.6 is 24.0 Å². The molecule has 1 aromatic rings. The van der Waals surface area contributed by atoms with Crippen LogP contribution in [-0.2, 0) is 0 Å². The highest BCUT2D eigenvalue weighted by Crippen LogP contribution is 2.21. The molecule has 1 aromatic carbocycles. The Hall–Kier alpha value is -0.780. The second kappa shape index (κ2) is 5.85. The number of thioether (sulfide) groups is 1. The third-order valence-electron chi connectivity index (χ3n) is 1.40. The average molecular weight is 229 g/mol.